The molecule has 98 valence electrons. The van der Waals surface area contributed by atoms with Gasteiger partial charge in [0.25, 0.3) is 0 Å². The molecule has 0 atom stereocenters. The van der Waals surface area contributed by atoms with Gasteiger partial charge in [-0.3, -0.25) is 9.59 Å². The number of carboxylic acids is 1. The number of carbonyl (C=O) groups is 2. The van der Waals surface area contributed by atoms with Crippen LogP contribution < -0.4 is 4.90 Å². The highest BCUT2D eigenvalue weighted by atomic mass is 16.4. The molecule has 0 radical (unpaired) electrons. The van der Waals surface area contributed by atoms with Crippen molar-refractivity contribution in [3.05, 3.63) is 29.8 Å². The Labute approximate surface area is 107 Å². The molecular weight excluding hydrogens is 230 g/mol. The minimum absolute atomic E-state index is 0.0170. The molecule has 1 rings (SSSR count). The fourth-order valence-electron chi connectivity index (χ4n) is 1.79. The van der Waals surface area contributed by atoms with Crippen LogP contribution in [0.25, 0.3) is 0 Å². The summed E-state index contributed by atoms with van der Waals surface area (Å²) in [6.07, 6.45) is 0. The maximum absolute atomic E-state index is 11.3. The van der Waals surface area contributed by atoms with Crippen LogP contribution in [-0.4, -0.2) is 29.9 Å². The first kappa shape index (κ1) is 14.2. The second kappa shape index (κ2) is 6.19. The van der Waals surface area contributed by atoms with Gasteiger partial charge in [-0.2, -0.15) is 0 Å². The average Bonchev–Trinajstić information content (AvgIpc) is 2.27. The van der Waals surface area contributed by atoms with Crippen molar-refractivity contribution in [2.75, 3.05) is 18.0 Å². The van der Waals surface area contributed by atoms with Crippen molar-refractivity contribution < 1.29 is 14.7 Å². The molecule has 0 heterocycles. The van der Waals surface area contributed by atoms with Crippen molar-refractivity contribution in [1.29, 1.82) is 0 Å². The summed E-state index contributed by atoms with van der Waals surface area (Å²) in [5.74, 6) is -0.536. The number of hydrogen-bond acceptors (Lipinski definition) is 3. The molecule has 0 aromatic heterocycles. The molecule has 0 aliphatic carbocycles. The maximum atomic E-state index is 11.3. The van der Waals surface area contributed by atoms with Crippen LogP contribution in [0.5, 0.6) is 0 Å². The molecule has 4 heteroatoms. The summed E-state index contributed by atoms with van der Waals surface area (Å²) < 4.78 is 0. The number of nitrogens with zero attached hydrogens (tertiary/aromatic N) is 1. The molecule has 4 nitrogen and oxygen atoms in total. The van der Waals surface area contributed by atoms with Crippen LogP contribution in [0, 0.1) is 5.92 Å². The molecule has 0 aliphatic rings. The van der Waals surface area contributed by atoms with E-state index in [9.17, 15) is 9.59 Å². The number of carboxylic acid groups (broad SMARTS) is 1. The van der Waals surface area contributed by atoms with Crippen molar-refractivity contribution in [1.82, 2.24) is 0 Å². The van der Waals surface area contributed by atoms with Crippen LogP contribution in [0.15, 0.2) is 24.3 Å². The first-order valence-electron chi connectivity index (χ1n) is 5.98. The van der Waals surface area contributed by atoms with Gasteiger partial charge in [0.15, 0.2) is 5.78 Å². The summed E-state index contributed by atoms with van der Waals surface area (Å²) in [4.78, 5) is 24.0. The third kappa shape index (κ3) is 4.20. The van der Waals surface area contributed by atoms with Crippen LogP contribution in [-0.2, 0) is 4.79 Å². The molecule has 0 saturated carbocycles. The summed E-state index contributed by atoms with van der Waals surface area (Å²) >= 11 is 0. The van der Waals surface area contributed by atoms with Gasteiger partial charge in [0.2, 0.25) is 0 Å². The van der Waals surface area contributed by atoms with Crippen LogP contribution >= 0.6 is 0 Å². The van der Waals surface area contributed by atoms with Crippen LogP contribution in [0.3, 0.4) is 0 Å². The van der Waals surface area contributed by atoms with Crippen molar-refractivity contribution in [2.45, 2.75) is 20.8 Å². The van der Waals surface area contributed by atoms with Crippen LogP contribution in [0.4, 0.5) is 5.69 Å². The van der Waals surface area contributed by atoms with E-state index in [4.69, 9.17) is 5.11 Å². The molecule has 1 aromatic rings. The molecule has 0 fully saturated rings. The van der Waals surface area contributed by atoms with Gasteiger partial charge in [-0.05, 0) is 25.0 Å². The quantitative estimate of drug-likeness (QED) is 0.787. The number of rotatable bonds is 6. The number of ketones is 1. The molecule has 0 spiro atoms. The topological polar surface area (TPSA) is 57.6 Å². The van der Waals surface area contributed by atoms with Crippen molar-refractivity contribution in [3.63, 3.8) is 0 Å². The number of benzene rings is 1. The van der Waals surface area contributed by atoms with E-state index in [-0.39, 0.29) is 12.3 Å². The van der Waals surface area contributed by atoms with Gasteiger partial charge in [0.05, 0.1) is 0 Å². The van der Waals surface area contributed by atoms with Crippen molar-refractivity contribution in [3.8, 4) is 0 Å². The second-order valence-electron chi connectivity index (χ2n) is 4.77. The molecule has 0 saturated heterocycles. The Balaban J connectivity index is 3.00. The Morgan fingerprint density at radius 3 is 2.50 bits per heavy atom. The van der Waals surface area contributed by atoms with Crippen molar-refractivity contribution >= 4 is 17.4 Å². The molecule has 0 unspecified atom stereocenters. The third-order valence-corrected chi connectivity index (χ3v) is 2.53. The highest BCUT2D eigenvalue weighted by Gasteiger charge is 2.13. The minimum atomic E-state index is -0.871. The van der Waals surface area contributed by atoms with E-state index in [0.717, 1.165) is 5.69 Å². The number of carbonyl (C=O) groups excluding carboxylic acids is 1. The standard InChI is InChI=1S/C14H19NO3/c1-10(2)8-15(9-14(17)18)13-6-4-5-12(7-13)11(3)16/h4-7,10H,8-9H2,1-3H3,(H,17,18). The molecule has 1 N–H and O–H groups in total. The fraction of sp³-hybridized carbons (Fsp3) is 0.429. The Morgan fingerprint density at radius 2 is 2.00 bits per heavy atom. The smallest absolute Gasteiger partial charge is 0.323 e. The Bertz CT molecular complexity index is 440. The van der Waals surface area contributed by atoms with Gasteiger partial charge in [-0.15, -0.1) is 0 Å². The lowest BCUT2D eigenvalue weighted by atomic mass is 10.1. The van der Waals surface area contributed by atoms with E-state index in [0.29, 0.717) is 18.0 Å². The predicted octanol–water partition coefficient (Wildman–Crippen LogP) is 2.44. The number of hydrogen-bond donors (Lipinski definition) is 1. The zero-order valence-electron chi connectivity index (χ0n) is 11.0. The van der Waals surface area contributed by atoms with E-state index in [1.165, 1.54) is 6.92 Å². The Morgan fingerprint density at radius 1 is 1.33 bits per heavy atom. The van der Waals surface area contributed by atoms with E-state index in [2.05, 4.69) is 0 Å². The van der Waals surface area contributed by atoms with E-state index >= 15 is 0 Å². The summed E-state index contributed by atoms with van der Waals surface area (Å²) in [5, 5.41) is 8.93. The Hall–Kier alpha value is -1.84. The van der Waals surface area contributed by atoms with Gasteiger partial charge in [0, 0.05) is 17.8 Å². The molecule has 0 bridgehead atoms. The van der Waals surface area contributed by atoms with E-state index in [1.54, 1.807) is 23.1 Å². The summed E-state index contributed by atoms with van der Waals surface area (Å²) in [6, 6.07) is 7.09. The van der Waals surface area contributed by atoms with Crippen molar-refractivity contribution in [2.24, 2.45) is 5.92 Å². The second-order valence-corrected chi connectivity index (χ2v) is 4.77. The zero-order chi connectivity index (χ0) is 13.7. The first-order valence-corrected chi connectivity index (χ1v) is 5.98. The van der Waals surface area contributed by atoms with E-state index < -0.39 is 5.97 Å². The number of Topliss-reactive ketones (excluding diaryl/α,β-unsaturated/α-hetero) is 1. The SMILES string of the molecule is CC(=O)c1cccc(N(CC(=O)O)CC(C)C)c1. The Kier molecular flexibility index (Phi) is 4.89. The van der Waals surface area contributed by atoms with Gasteiger partial charge in [0.1, 0.15) is 6.54 Å². The fourth-order valence-corrected chi connectivity index (χ4v) is 1.79. The van der Waals surface area contributed by atoms with Gasteiger partial charge >= 0.3 is 5.97 Å². The first-order chi connectivity index (χ1) is 8.40. The molecule has 0 amide bonds. The zero-order valence-corrected chi connectivity index (χ0v) is 11.0. The lowest BCUT2D eigenvalue weighted by Crippen LogP contribution is -2.33. The lowest BCUT2D eigenvalue weighted by molar-refractivity contribution is -0.135. The minimum Gasteiger partial charge on any atom is -0.480 e. The normalized spacial score (nSPS) is 10.4. The molecule has 1 aromatic carbocycles. The van der Waals surface area contributed by atoms with E-state index in [1.807, 2.05) is 19.9 Å². The summed E-state index contributed by atoms with van der Waals surface area (Å²) in [7, 11) is 0. The summed E-state index contributed by atoms with van der Waals surface area (Å²) in [5.41, 5.74) is 1.38. The van der Waals surface area contributed by atoms with Gasteiger partial charge < -0.3 is 10.0 Å². The lowest BCUT2D eigenvalue weighted by Gasteiger charge is -2.25. The maximum Gasteiger partial charge on any atom is 0.323 e. The average molecular weight is 249 g/mol. The largest absolute Gasteiger partial charge is 0.480 e. The van der Waals surface area contributed by atoms with Crippen LogP contribution in [0.2, 0.25) is 0 Å². The number of aliphatic carboxylic acids is 1. The predicted molar refractivity (Wildman–Crippen MR) is 71.1 cm³/mol. The molecule has 0 aliphatic heterocycles. The third-order valence-electron chi connectivity index (χ3n) is 2.53. The van der Waals surface area contributed by atoms with Gasteiger partial charge in [-0.1, -0.05) is 26.0 Å². The molecule has 18 heavy (non-hydrogen) atoms. The highest BCUT2D eigenvalue weighted by molar-refractivity contribution is 5.95. The van der Waals surface area contributed by atoms with Gasteiger partial charge in [-0.25, -0.2) is 0 Å². The molecular formula is C14H19NO3. The van der Waals surface area contributed by atoms with Crippen LogP contribution in [0.1, 0.15) is 31.1 Å². The number of anilines is 1. The summed E-state index contributed by atoms with van der Waals surface area (Å²) in [6.45, 7) is 6.16. The monoisotopic (exact) mass is 249 g/mol. The highest BCUT2D eigenvalue weighted by Crippen LogP contribution is 2.18.